The van der Waals surface area contributed by atoms with Crippen LogP contribution in [0.5, 0.6) is 0 Å². The molecule has 1 aromatic carbocycles. The van der Waals surface area contributed by atoms with E-state index < -0.39 is 5.97 Å². The minimum absolute atomic E-state index is 0.176. The quantitative estimate of drug-likeness (QED) is 0.535. The number of carbonyl (C=O) groups is 1. The van der Waals surface area contributed by atoms with Gasteiger partial charge in [-0.2, -0.15) is 0 Å². The molecule has 2 nitrogen and oxygen atoms in total. The molecule has 0 radical (unpaired) electrons. The smallest absolute Gasteiger partial charge is 0.330 e. The predicted octanol–water partition coefficient (Wildman–Crippen LogP) is 2.62. The number of hydrogen-bond donors (Lipinski definition) is 2. The predicted molar refractivity (Wildman–Crippen MR) is 56.1 cm³/mol. The van der Waals surface area contributed by atoms with E-state index in [4.69, 9.17) is 5.11 Å². The molecule has 0 atom stereocenters. The lowest BCUT2D eigenvalue weighted by molar-refractivity contribution is -0.132. The molecule has 0 saturated heterocycles. The third-order valence-corrected chi connectivity index (χ3v) is 1.42. The topological polar surface area (TPSA) is 37.3 Å². The summed E-state index contributed by atoms with van der Waals surface area (Å²) in [6.45, 7) is 4.60. The van der Waals surface area contributed by atoms with Crippen molar-refractivity contribution in [3.63, 3.8) is 0 Å². The van der Waals surface area contributed by atoms with E-state index in [0.29, 0.717) is 0 Å². The van der Waals surface area contributed by atoms with Gasteiger partial charge in [-0.25, -0.2) is 4.79 Å². The van der Waals surface area contributed by atoms with Crippen LogP contribution in [0.4, 0.5) is 0 Å². The number of benzene rings is 1. The Hall–Kier alpha value is -1.22. The Balaban J connectivity index is 0.000000226. The van der Waals surface area contributed by atoms with Crippen molar-refractivity contribution in [3.8, 4) is 0 Å². The van der Waals surface area contributed by atoms with Gasteiger partial charge < -0.3 is 5.11 Å². The molecule has 0 unspecified atom stereocenters. The summed E-state index contributed by atoms with van der Waals surface area (Å²) >= 11 is 4.08. The van der Waals surface area contributed by atoms with E-state index in [1.165, 1.54) is 6.92 Å². The third kappa shape index (κ3) is 7.15. The lowest BCUT2D eigenvalue weighted by Gasteiger charge is -1.81. The standard InChI is InChI=1S/C6H6S.C4H6O2/c7-6-4-2-1-3-5-6;1-3(2)4(5)6/h1-5,7H;1H2,2H3,(H,5,6). The second kappa shape index (κ2) is 6.31. The molecule has 0 aliphatic rings. The molecule has 0 fully saturated rings. The van der Waals surface area contributed by atoms with Gasteiger partial charge in [0.1, 0.15) is 0 Å². The molecule has 0 spiro atoms. The van der Waals surface area contributed by atoms with Crippen LogP contribution in [0.25, 0.3) is 0 Å². The zero-order valence-electron chi connectivity index (χ0n) is 7.40. The highest BCUT2D eigenvalue weighted by atomic mass is 32.1. The van der Waals surface area contributed by atoms with E-state index in [1.54, 1.807) is 0 Å². The van der Waals surface area contributed by atoms with Crippen molar-refractivity contribution < 1.29 is 9.90 Å². The lowest BCUT2D eigenvalue weighted by atomic mass is 10.4. The highest BCUT2D eigenvalue weighted by Gasteiger charge is 1.90. The van der Waals surface area contributed by atoms with E-state index in [-0.39, 0.29) is 5.57 Å². The number of rotatable bonds is 1. The molecular formula is C10H12O2S. The van der Waals surface area contributed by atoms with Crippen LogP contribution < -0.4 is 0 Å². The second-order valence-corrected chi connectivity index (χ2v) is 2.94. The van der Waals surface area contributed by atoms with Crippen LogP contribution in [0.3, 0.4) is 0 Å². The van der Waals surface area contributed by atoms with Crippen molar-refractivity contribution in [1.29, 1.82) is 0 Å². The van der Waals surface area contributed by atoms with Crippen molar-refractivity contribution in [3.05, 3.63) is 42.5 Å². The minimum atomic E-state index is -0.935. The Morgan fingerprint density at radius 3 is 1.92 bits per heavy atom. The van der Waals surface area contributed by atoms with Crippen LogP contribution in [0.1, 0.15) is 6.92 Å². The van der Waals surface area contributed by atoms with E-state index in [0.717, 1.165) is 4.90 Å². The van der Waals surface area contributed by atoms with Crippen LogP contribution in [-0.4, -0.2) is 11.1 Å². The summed E-state index contributed by atoms with van der Waals surface area (Å²) in [5.74, 6) is -0.935. The number of aliphatic carboxylic acids is 1. The van der Waals surface area contributed by atoms with Gasteiger partial charge in [-0.15, -0.1) is 12.6 Å². The molecule has 0 aliphatic heterocycles. The van der Waals surface area contributed by atoms with Gasteiger partial charge in [-0.1, -0.05) is 24.8 Å². The first-order valence-corrected chi connectivity index (χ1v) is 4.11. The average molecular weight is 196 g/mol. The molecular weight excluding hydrogens is 184 g/mol. The fraction of sp³-hybridized carbons (Fsp3) is 0.100. The Kier molecular flexibility index (Phi) is 5.72. The summed E-state index contributed by atoms with van der Waals surface area (Å²) in [4.78, 5) is 10.6. The maximum atomic E-state index is 9.60. The van der Waals surface area contributed by atoms with Crippen LogP contribution >= 0.6 is 12.6 Å². The number of hydrogen-bond acceptors (Lipinski definition) is 2. The summed E-state index contributed by atoms with van der Waals surface area (Å²) in [6, 6.07) is 9.79. The summed E-state index contributed by atoms with van der Waals surface area (Å²) in [6.07, 6.45) is 0. The molecule has 1 aromatic rings. The first-order valence-electron chi connectivity index (χ1n) is 3.67. The molecule has 0 aliphatic carbocycles. The number of carboxylic acid groups (broad SMARTS) is 1. The average Bonchev–Trinajstić information content (AvgIpc) is 2.06. The molecule has 13 heavy (non-hydrogen) atoms. The Morgan fingerprint density at radius 2 is 1.77 bits per heavy atom. The van der Waals surface area contributed by atoms with Crippen molar-refractivity contribution in [2.75, 3.05) is 0 Å². The van der Waals surface area contributed by atoms with E-state index in [9.17, 15) is 4.79 Å². The minimum Gasteiger partial charge on any atom is -0.478 e. The fourth-order valence-electron chi connectivity index (χ4n) is 0.428. The summed E-state index contributed by atoms with van der Waals surface area (Å²) in [7, 11) is 0. The summed E-state index contributed by atoms with van der Waals surface area (Å²) in [5, 5.41) is 7.89. The molecule has 0 amide bonds. The normalized spacial score (nSPS) is 8.15. The van der Waals surface area contributed by atoms with Crippen molar-refractivity contribution in [2.45, 2.75) is 11.8 Å². The summed E-state index contributed by atoms with van der Waals surface area (Å²) in [5.41, 5.74) is 0.176. The molecule has 1 N–H and O–H groups in total. The van der Waals surface area contributed by atoms with Gasteiger partial charge in [0.25, 0.3) is 0 Å². The highest BCUT2D eigenvalue weighted by molar-refractivity contribution is 7.80. The van der Waals surface area contributed by atoms with Crippen molar-refractivity contribution in [1.82, 2.24) is 0 Å². The molecule has 0 saturated carbocycles. The highest BCUT2D eigenvalue weighted by Crippen LogP contribution is 2.00. The van der Waals surface area contributed by atoms with Gasteiger partial charge in [0.15, 0.2) is 0 Å². The van der Waals surface area contributed by atoms with Gasteiger partial charge in [-0.3, -0.25) is 0 Å². The number of carboxylic acids is 1. The molecule has 0 aromatic heterocycles. The second-order valence-electron chi connectivity index (χ2n) is 2.42. The maximum Gasteiger partial charge on any atom is 0.330 e. The van der Waals surface area contributed by atoms with Gasteiger partial charge in [0.2, 0.25) is 0 Å². The van der Waals surface area contributed by atoms with Crippen molar-refractivity contribution in [2.24, 2.45) is 0 Å². The Morgan fingerprint density at radius 1 is 1.38 bits per heavy atom. The molecule has 0 heterocycles. The zero-order chi connectivity index (χ0) is 10.3. The first kappa shape index (κ1) is 11.8. The lowest BCUT2D eigenvalue weighted by Crippen LogP contribution is -1.92. The number of thiol groups is 1. The van der Waals surface area contributed by atoms with Gasteiger partial charge in [0.05, 0.1) is 0 Å². The van der Waals surface area contributed by atoms with Gasteiger partial charge >= 0.3 is 5.97 Å². The molecule has 70 valence electrons. The fourth-order valence-corrected chi connectivity index (χ4v) is 0.600. The Bertz CT molecular complexity index is 268. The van der Waals surface area contributed by atoms with E-state index in [1.807, 2.05) is 30.3 Å². The zero-order valence-corrected chi connectivity index (χ0v) is 8.29. The van der Waals surface area contributed by atoms with Gasteiger partial charge in [-0.05, 0) is 19.1 Å². The van der Waals surface area contributed by atoms with Crippen LogP contribution in [0.15, 0.2) is 47.4 Å². The van der Waals surface area contributed by atoms with E-state index in [2.05, 4.69) is 19.2 Å². The van der Waals surface area contributed by atoms with Crippen LogP contribution in [0, 0.1) is 0 Å². The Labute approximate surface area is 83.3 Å². The summed E-state index contributed by atoms with van der Waals surface area (Å²) < 4.78 is 0. The molecule has 1 rings (SSSR count). The SMILES string of the molecule is C=C(C)C(=O)O.Sc1ccccc1. The van der Waals surface area contributed by atoms with E-state index >= 15 is 0 Å². The third-order valence-electron chi connectivity index (χ3n) is 1.12. The first-order chi connectivity index (χ1) is 6.04. The van der Waals surface area contributed by atoms with Crippen LogP contribution in [-0.2, 0) is 4.79 Å². The molecule has 3 heteroatoms. The largest absolute Gasteiger partial charge is 0.478 e. The van der Waals surface area contributed by atoms with Crippen LogP contribution in [0.2, 0.25) is 0 Å². The monoisotopic (exact) mass is 196 g/mol. The maximum absolute atomic E-state index is 9.60. The van der Waals surface area contributed by atoms with Crippen molar-refractivity contribution >= 4 is 18.6 Å². The molecule has 0 bridgehead atoms. The van der Waals surface area contributed by atoms with Gasteiger partial charge in [0, 0.05) is 10.5 Å².